The van der Waals surface area contributed by atoms with Gasteiger partial charge in [-0.05, 0) is 12.8 Å². The van der Waals surface area contributed by atoms with Gasteiger partial charge in [0.15, 0.2) is 24.0 Å². The summed E-state index contributed by atoms with van der Waals surface area (Å²) in [5, 5.41) is 45.8. The van der Waals surface area contributed by atoms with Gasteiger partial charge in [0.2, 0.25) is 11.8 Å². The topological polar surface area (TPSA) is 331 Å². The number of unbranched alkanes of at least 4 members (excludes halogenated alkanes) is 1. The highest BCUT2D eigenvalue weighted by Crippen LogP contribution is 2.39. The quantitative estimate of drug-likeness (QED) is 0.0336. The van der Waals surface area contributed by atoms with Crippen LogP contribution in [0.15, 0.2) is 12.7 Å². The zero-order chi connectivity index (χ0) is 37.8. The van der Waals surface area contributed by atoms with E-state index in [4.69, 9.17) is 43.9 Å². The molecule has 2 amide bonds. The zero-order valence-corrected chi connectivity index (χ0v) is 29.1. The Morgan fingerprint density at radius 2 is 1.75 bits per heavy atom. The molecule has 2 saturated heterocycles. The predicted octanol–water partition coefficient (Wildman–Crippen LogP) is -3.60. The third kappa shape index (κ3) is 11.8. The van der Waals surface area contributed by atoms with Crippen molar-refractivity contribution in [2.45, 2.75) is 81.4 Å². The van der Waals surface area contributed by atoms with Crippen LogP contribution in [0.3, 0.4) is 0 Å². The summed E-state index contributed by atoms with van der Waals surface area (Å²) in [7, 11) is -4.85. The fraction of sp³-hybridized carbons (Fsp3) is 0.750. The molecule has 4 rings (SSSR count). The molecule has 2 aliphatic heterocycles. The Morgan fingerprint density at radius 1 is 0.981 bits per heavy atom. The second-order valence-electron chi connectivity index (χ2n) is 11.8. The second-order valence-corrected chi connectivity index (χ2v) is 13.0. The lowest BCUT2D eigenvalue weighted by Gasteiger charge is -2.42. The number of phosphoric acid groups is 1. The van der Waals surface area contributed by atoms with E-state index in [9.17, 15) is 34.6 Å². The standard InChI is InChI=1S/C28H46N7O16P/c1-15(37)34-19-23(41)21(39)16(10-36)51-28(19)47-6-3-2-4-18(38)30-5-7-45-8-9-46-14-48-24-22(40)17(11-49-52(42,43)44)50-27(24)35-13-33-20-25(29)31-12-32-26(20)35/h12-13,16-17,19,21-24,27-28,36,39-41H,2-11,14H2,1H3,(H,30,38)(H,34,37)(H2,29,31,32)(H2,42,43,44)/t16-,17-,19-,21+,22-,23?,24-,27-,28-/m1/s1. The lowest BCUT2D eigenvalue weighted by molar-refractivity contribution is -0.270. The van der Waals surface area contributed by atoms with Crippen LogP contribution in [-0.4, -0.2) is 163 Å². The number of amides is 2. The number of phosphoric ester groups is 1. The molecule has 52 heavy (non-hydrogen) atoms. The van der Waals surface area contributed by atoms with E-state index in [1.807, 2.05) is 0 Å². The molecule has 9 atom stereocenters. The number of aliphatic hydroxyl groups is 4. The molecule has 24 heteroatoms. The number of rotatable bonds is 21. The number of imidazole rings is 1. The van der Waals surface area contributed by atoms with Crippen LogP contribution in [-0.2, 0) is 47.1 Å². The molecule has 294 valence electrons. The average Bonchev–Trinajstić information content (AvgIpc) is 3.66. The third-order valence-electron chi connectivity index (χ3n) is 8.00. The molecule has 2 aromatic heterocycles. The van der Waals surface area contributed by atoms with Gasteiger partial charge in [-0.1, -0.05) is 0 Å². The molecule has 0 aliphatic carbocycles. The van der Waals surface area contributed by atoms with Gasteiger partial charge in [0.1, 0.15) is 61.3 Å². The van der Waals surface area contributed by atoms with Crippen LogP contribution in [0.2, 0.25) is 0 Å². The number of ether oxygens (including phenoxy) is 6. The Kier molecular flexibility index (Phi) is 16.0. The largest absolute Gasteiger partial charge is 0.469 e. The highest BCUT2D eigenvalue weighted by Gasteiger charge is 2.47. The first kappa shape index (κ1) is 41.8. The van der Waals surface area contributed by atoms with Gasteiger partial charge < -0.3 is 75.0 Å². The van der Waals surface area contributed by atoms with Gasteiger partial charge >= 0.3 is 7.82 Å². The van der Waals surface area contributed by atoms with Gasteiger partial charge in [-0.2, -0.15) is 0 Å². The van der Waals surface area contributed by atoms with Crippen molar-refractivity contribution in [1.82, 2.24) is 30.2 Å². The van der Waals surface area contributed by atoms with Gasteiger partial charge in [-0.3, -0.25) is 18.7 Å². The first-order chi connectivity index (χ1) is 24.8. The molecule has 2 aromatic rings. The summed E-state index contributed by atoms with van der Waals surface area (Å²) in [5.41, 5.74) is 6.41. The van der Waals surface area contributed by atoms with Gasteiger partial charge in [0.05, 0.1) is 39.4 Å². The van der Waals surface area contributed by atoms with E-state index in [2.05, 4.69) is 30.1 Å². The SMILES string of the molecule is CC(=O)N[C@@H]1C(O)[C@@H](O)[C@@H](CO)O[C@H]1OCCCCC(=O)NCCOCCOCO[C@@H]1[C@H](O)[C@@H](COP(=O)(O)O)O[C@H]1n1cnc2c(N)ncnc21. The number of aromatic nitrogens is 4. The summed E-state index contributed by atoms with van der Waals surface area (Å²) in [6, 6.07) is -1.04. The normalized spacial score (nSPS) is 27.9. The number of fused-ring (bicyclic) bond motifs is 1. The second kappa shape index (κ2) is 19.9. The van der Waals surface area contributed by atoms with E-state index in [1.165, 1.54) is 24.1 Å². The van der Waals surface area contributed by atoms with E-state index < -0.39 is 82.1 Å². The van der Waals surface area contributed by atoms with Crippen LogP contribution >= 0.6 is 7.82 Å². The average molecular weight is 768 g/mol. The van der Waals surface area contributed by atoms with Crippen LogP contribution < -0.4 is 16.4 Å². The summed E-state index contributed by atoms with van der Waals surface area (Å²) < 4.78 is 50.8. The number of carbonyl (C=O) groups excluding carboxylic acids is 2. The summed E-state index contributed by atoms with van der Waals surface area (Å²) >= 11 is 0. The summed E-state index contributed by atoms with van der Waals surface area (Å²) in [6.45, 7) is 0.546. The summed E-state index contributed by atoms with van der Waals surface area (Å²) in [4.78, 5) is 54.1. The van der Waals surface area contributed by atoms with E-state index in [0.717, 1.165) is 0 Å². The van der Waals surface area contributed by atoms with Crippen molar-refractivity contribution < 1.29 is 77.3 Å². The molecule has 1 unspecified atom stereocenters. The van der Waals surface area contributed by atoms with Crippen molar-refractivity contribution in [2.75, 3.05) is 58.7 Å². The lowest BCUT2D eigenvalue weighted by atomic mass is 9.97. The highest BCUT2D eigenvalue weighted by atomic mass is 31.2. The molecule has 0 spiro atoms. The Hall–Kier alpha value is -3.00. The maximum atomic E-state index is 12.2. The van der Waals surface area contributed by atoms with E-state index in [0.29, 0.717) is 12.8 Å². The smallest absolute Gasteiger partial charge is 0.394 e. The molecule has 4 heterocycles. The number of nitrogen functional groups attached to an aromatic ring is 1. The number of carbonyl (C=O) groups is 2. The fourth-order valence-electron chi connectivity index (χ4n) is 5.44. The molecule has 2 fully saturated rings. The Labute approximate surface area is 296 Å². The van der Waals surface area contributed by atoms with Crippen molar-refractivity contribution in [1.29, 1.82) is 0 Å². The third-order valence-corrected chi connectivity index (χ3v) is 8.48. The molecule has 2 aliphatic rings. The number of hydrogen-bond donors (Lipinski definition) is 9. The number of hydrogen-bond acceptors (Lipinski definition) is 18. The molecule has 0 radical (unpaired) electrons. The minimum absolute atomic E-state index is 0.0906. The zero-order valence-electron chi connectivity index (χ0n) is 28.2. The van der Waals surface area contributed by atoms with Gasteiger partial charge in [0, 0.05) is 26.5 Å². The molecule has 0 bridgehead atoms. The van der Waals surface area contributed by atoms with Crippen LogP contribution in [0.4, 0.5) is 5.82 Å². The van der Waals surface area contributed by atoms with Gasteiger partial charge in [0.25, 0.3) is 0 Å². The van der Waals surface area contributed by atoms with Crippen molar-refractivity contribution in [3.05, 3.63) is 12.7 Å². The molecule has 23 nitrogen and oxygen atoms in total. The summed E-state index contributed by atoms with van der Waals surface area (Å²) in [6.07, 6.45) is -6.03. The number of aliphatic hydroxyl groups excluding tert-OH is 4. The fourth-order valence-corrected chi connectivity index (χ4v) is 5.78. The maximum Gasteiger partial charge on any atom is 0.469 e. The first-order valence-corrected chi connectivity index (χ1v) is 17.8. The minimum Gasteiger partial charge on any atom is -0.394 e. The molecule has 0 aromatic carbocycles. The van der Waals surface area contributed by atoms with Crippen LogP contribution in [0.1, 0.15) is 32.4 Å². The summed E-state index contributed by atoms with van der Waals surface area (Å²) in [5.74, 6) is -0.564. The van der Waals surface area contributed by atoms with E-state index in [1.54, 1.807) is 0 Å². The Morgan fingerprint density at radius 3 is 2.48 bits per heavy atom. The Balaban J connectivity index is 1.09. The van der Waals surface area contributed by atoms with Crippen molar-refractivity contribution in [3.8, 4) is 0 Å². The predicted molar refractivity (Wildman–Crippen MR) is 172 cm³/mol. The van der Waals surface area contributed by atoms with E-state index in [-0.39, 0.29) is 69.1 Å². The van der Waals surface area contributed by atoms with Crippen molar-refractivity contribution in [3.63, 3.8) is 0 Å². The number of nitrogens with one attached hydrogen (secondary N) is 2. The number of nitrogens with zero attached hydrogens (tertiary/aromatic N) is 4. The molecule has 10 N–H and O–H groups in total. The van der Waals surface area contributed by atoms with Crippen molar-refractivity contribution in [2.24, 2.45) is 0 Å². The van der Waals surface area contributed by atoms with Crippen LogP contribution in [0.25, 0.3) is 11.2 Å². The maximum absolute atomic E-state index is 12.2. The van der Waals surface area contributed by atoms with Crippen LogP contribution in [0, 0.1) is 0 Å². The monoisotopic (exact) mass is 767 g/mol. The van der Waals surface area contributed by atoms with Crippen LogP contribution in [0.5, 0.6) is 0 Å². The van der Waals surface area contributed by atoms with E-state index >= 15 is 0 Å². The number of anilines is 1. The Bertz CT molecular complexity index is 1480. The highest BCUT2D eigenvalue weighted by molar-refractivity contribution is 7.46. The minimum atomic E-state index is -4.85. The number of nitrogens with two attached hydrogens (primary N) is 1. The van der Waals surface area contributed by atoms with Crippen molar-refractivity contribution >= 4 is 36.6 Å². The lowest BCUT2D eigenvalue weighted by Crippen LogP contribution is -2.64. The molecule has 0 saturated carbocycles. The first-order valence-electron chi connectivity index (χ1n) is 16.3. The molecular weight excluding hydrogens is 721 g/mol. The van der Waals surface area contributed by atoms with Gasteiger partial charge in [-0.25, -0.2) is 19.5 Å². The molecular formula is C28H46N7O16P. The van der Waals surface area contributed by atoms with Gasteiger partial charge in [-0.15, -0.1) is 0 Å².